The van der Waals surface area contributed by atoms with Gasteiger partial charge >= 0.3 is 5.97 Å². The number of carbonyl (C=O) groups is 1. The van der Waals surface area contributed by atoms with Gasteiger partial charge in [0.2, 0.25) is 0 Å². The number of nitrogens with zero attached hydrogens (tertiary/aromatic N) is 1. The van der Waals surface area contributed by atoms with Crippen molar-refractivity contribution in [3.8, 4) is 0 Å². The van der Waals surface area contributed by atoms with E-state index in [0.717, 1.165) is 5.56 Å². The SMILES string of the molecule is CCOC(=O)Cc1cn(C)c2cc(C)cc(C)c12. The average molecular weight is 245 g/mol. The highest BCUT2D eigenvalue weighted by molar-refractivity contribution is 5.90. The maximum atomic E-state index is 11.6. The van der Waals surface area contributed by atoms with E-state index in [2.05, 4.69) is 30.5 Å². The van der Waals surface area contributed by atoms with Crippen LogP contribution in [0.15, 0.2) is 18.3 Å². The molecule has 3 heteroatoms. The molecule has 0 fully saturated rings. The maximum Gasteiger partial charge on any atom is 0.310 e. The standard InChI is InChI=1S/C15H19NO2/c1-5-18-14(17)8-12-9-16(4)13-7-10(2)6-11(3)15(12)13/h6-7,9H,5,8H2,1-4H3. The Labute approximate surface area is 107 Å². The van der Waals surface area contributed by atoms with Gasteiger partial charge in [-0.05, 0) is 43.5 Å². The van der Waals surface area contributed by atoms with Gasteiger partial charge in [-0.15, -0.1) is 0 Å². The van der Waals surface area contributed by atoms with Gasteiger partial charge in [0, 0.05) is 24.1 Å². The van der Waals surface area contributed by atoms with Gasteiger partial charge in [0.25, 0.3) is 0 Å². The van der Waals surface area contributed by atoms with Crippen molar-refractivity contribution < 1.29 is 9.53 Å². The minimum atomic E-state index is -0.162. The van der Waals surface area contributed by atoms with E-state index in [0.29, 0.717) is 13.0 Å². The topological polar surface area (TPSA) is 31.2 Å². The summed E-state index contributed by atoms with van der Waals surface area (Å²) in [7, 11) is 2.01. The summed E-state index contributed by atoms with van der Waals surface area (Å²) in [5.74, 6) is -0.162. The van der Waals surface area contributed by atoms with Crippen LogP contribution in [0.4, 0.5) is 0 Å². The highest BCUT2D eigenvalue weighted by atomic mass is 16.5. The molecule has 1 aromatic heterocycles. The van der Waals surface area contributed by atoms with Crippen molar-refractivity contribution in [3.63, 3.8) is 0 Å². The molecule has 0 aliphatic heterocycles. The second kappa shape index (κ2) is 4.84. The molecule has 0 radical (unpaired) electrons. The Balaban J connectivity index is 2.49. The average Bonchev–Trinajstić information content (AvgIpc) is 2.55. The van der Waals surface area contributed by atoms with Crippen molar-refractivity contribution in [3.05, 3.63) is 35.0 Å². The fourth-order valence-electron chi connectivity index (χ4n) is 2.51. The Hall–Kier alpha value is -1.77. The Morgan fingerprint density at radius 3 is 2.72 bits per heavy atom. The van der Waals surface area contributed by atoms with Crippen LogP contribution in [0.1, 0.15) is 23.6 Å². The highest BCUT2D eigenvalue weighted by Crippen LogP contribution is 2.26. The number of carbonyl (C=O) groups excluding carboxylic acids is 1. The number of esters is 1. The zero-order chi connectivity index (χ0) is 13.3. The van der Waals surface area contributed by atoms with Crippen molar-refractivity contribution in [2.45, 2.75) is 27.2 Å². The first-order valence-corrected chi connectivity index (χ1v) is 6.23. The first-order chi connectivity index (χ1) is 8.52. The fraction of sp³-hybridized carbons (Fsp3) is 0.400. The van der Waals surface area contributed by atoms with Crippen LogP contribution in [-0.2, 0) is 23.0 Å². The van der Waals surface area contributed by atoms with Crippen molar-refractivity contribution in [1.82, 2.24) is 4.57 Å². The van der Waals surface area contributed by atoms with Crippen LogP contribution >= 0.6 is 0 Å². The number of benzene rings is 1. The maximum absolute atomic E-state index is 11.6. The molecule has 0 saturated carbocycles. The number of rotatable bonds is 3. The quantitative estimate of drug-likeness (QED) is 0.779. The van der Waals surface area contributed by atoms with Crippen LogP contribution in [0, 0.1) is 13.8 Å². The second-order valence-electron chi connectivity index (χ2n) is 4.72. The van der Waals surface area contributed by atoms with Gasteiger partial charge < -0.3 is 9.30 Å². The summed E-state index contributed by atoms with van der Waals surface area (Å²) in [5.41, 5.74) is 4.67. The van der Waals surface area contributed by atoms with Crippen molar-refractivity contribution in [2.75, 3.05) is 6.61 Å². The zero-order valence-electron chi connectivity index (χ0n) is 11.4. The van der Waals surface area contributed by atoms with Crippen LogP contribution in [0.5, 0.6) is 0 Å². The van der Waals surface area contributed by atoms with E-state index in [1.165, 1.54) is 22.0 Å². The van der Waals surface area contributed by atoms with Gasteiger partial charge in [0.05, 0.1) is 13.0 Å². The van der Waals surface area contributed by atoms with E-state index in [9.17, 15) is 4.79 Å². The fourth-order valence-corrected chi connectivity index (χ4v) is 2.51. The first kappa shape index (κ1) is 12.7. The summed E-state index contributed by atoms with van der Waals surface area (Å²) in [5, 5.41) is 1.18. The van der Waals surface area contributed by atoms with Gasteiger partial charge in [-0.3, -0.25) is 4.79 Å². The van der Waals surface area contributed by atoms with E-state index in [-0.39, 0.29) is 5.97 Å². The van der Waals surface area contributed by atoms with Crippen molar-refractivity contribution >= 4 is 16.9 Å². The normalized spacial score (nSPS) is 10.9. The van der Waals surface area contributed by atoms with Gasteiger partial charge in [-0.2, -0.15) is 0 Å². The Morgan fingerprint density at radius 1 is 1.33 bits per heavy atom. The molecule has 0 N–H and O–H groups in total. The number of aryl methyl sites for hydroxylation is 3. The third kappa shape index (κ3) is 2.26. The molecule has 1 aromatic carbocycles. The van der Waals surface area contributed by atoms with E-state index in [1.807, 2.05) is 20.2 Å². The smallest absolute Gasteiger partial charge is 0.310 e. The molecule has 0 amide bonds. The van der Waals surface area contributed by atoms with Gasteiger partial charge in [0.15, 0.2) is 0 Å². The molecular formula is C15H19NO2. The molecule has 0 saturated heterocycles. The van der Waals surface area contributed by atoms with E-state index in [4.69, 9.17) is 4.74 Å². The Kier molecular flexibility index (Phi) is 3.41. The van der Waals surface area contributed by atoms with Crippen molar-refractivity contribution in [2.24, 2.45) is 7.05 Å². The van der Waals surface area contributed by atoms with Gasteiger partial charge in [-0.25, -0.2) is 0 Å². The lowest BCUT2D eigenvalue weighted by atomic mass is 10.0. The van der Waals surface area contributed by atoms with Crippen LogP contribution in [0.2, 0.25) is 0 Å². The predicted octanol–water partition coefficient (Wildman–Crippen LogP) is 2.90. The molecule has 2 rings (SSSR count). The van der Waals surface area contributed by atoms with Crippen LogP contribution in [-0.4, -0.2) is 17.1 Å². The molecular weight excluding hydrogens is 226 g/mol. The number of aromatic nitrogens is 1. The summed E-state index contributed by atoms with van der Waals surface area (Å²) in [6.45, 7) is 6.44. The summed E-state index contributed by atoms with van der Waals surface area (Å²) in [6, 6.07) is 4.30. The van der Waals surface area contributed by atoms with Gasteiger partial charge in [0.1, 0.15) is 0 Å². The van der Waals surface area contributed by atoms with E-state index in [1.54, 1.807) is 0 Å². The lowest BCUT2D eigenvalue weighted by Gasteiger charge is -2.04. The molecule has 0 bridgehead atoms. The second-order valence-corrected chi connectivity index (χ2v) is 4.72. The highest BCUT2D eigenvalue weighted by Gasteiger charge is 2.13. The zero-order valence-corrected chi connectivity index (χ0v) is 11.4. The molecule has 0 unspecified atom stereocenters. The number of fused-ring (bicyclic) bond motifs is 1. The van der Waals surface area contributed by atoms with Crippen molar-refractivity contribution in [1.29, 1.82) is 0 Å². The lowest BCUT2D eigenvalue weighted by Crippen LogP contribution is -2.07. The van der Waals surface area contributed by atoms with E-state index >= 15 is 0 Å². The molecule has 2 aromatic rings. The Morgan fingerprint density at radius 2 is 2.06 bits per heavy atom. The molecule has 3 nitrogen and oxygen atoms in total. The molecule has 0 atom stereocenters. The molecule has 96 valence electrons. The molecule has 1 heterocycles. The monoisotopic (exact) mass is 245 g/mol. The number of hydrogen-bond donors (Lipinski definition) is 0. The van der Waals surface area contributed by atoms with Crippen LogP contribution in [0.25, 0.3) is 10.9 Å². The third-order valence-corrected chi connectivity index (χ3v) is 3.15. The Bertz CT molecular complexity index is 596. The molecule has 18 heavy (non-hydrogen) atoms. The van der Waals surface area contributed by atoms with E-state index < -0.39 is 0 Å². The lowest BCUT2D eigenvalue weighted by molar-refractivity contribution is -0.142. The summed E-state index contributed by atoms with van der Waals surface area (Å²) in [6.07, 6.45) is 2.36. The minimum absolute atomic E-state index is 0.162. The summed E-state index contributed by atoms with van der Waals surface area (Å²) in [4.78, 5) is 11.6. The number of ether oxygens (including phenoxy) is 1. The largest absolute Gasteiger partial charge is 0.466 e. The molecule has 0 aliphatic carbocycles. The van der Waals surface area contributed by atoms with Crippen LogP contribution < -0.4 is 0 Å². The predicted molar refractivity (Wildman–Crippen MR) is 72.7 cm³/mol. The number of hydrogen-bond acceptors (Lipinski definition) is 2. The summed E-state index contributed by atoms with van der Waals surface area (Å²) < 4.78 is 7.09. The van der Waals surface area contributed by atoms with Gasteiger partial charge in [-0.1, -0.05) is 6.07 Å². The molecule has 0 spiro atoms. The first-order valence-electron chi connectivity index (χ1n) is 6.23. The minimum Gasteiger partial charge on any atom is -0.466 e. The molecule has 0 aliphatic rings. The van der Waals surface area contributed by atoms with Crippen LogP contribution in [0.3, 0.4) is 0 Å². The third-order valence-electron chi connectivity index (χ3n) is 3.15. The summed E-state index contributed by atoms with van der Waals surface area (Å²) >= 11 is 0.